The second kappa shape index (κ2) is 8.55. The molecule has 0 aliphatic heterocycles. The van der Waals surface area contributed by atoms with Crippen molar-refractivity contribution in [1.29, 1.82) is 0 Å². The Bertz CT molecular complexity index is 1800. The Balaban J connectivity index is 1.41. The van der Waals surface area contributed by atoms with Gasteiger partial charge in [0.05, 0.1) is 5.41 Å². The zero-order chi connectivity index (χ0) is 25.8. The normalized spacial score (nSPS) is 19.5. The van der Waals surface area contributed by atoms with Crippen LogP contribution >= 0.6 is 0 Å². The molecule has 0 aromatic heterocycles. The van der Waals surface area contributed by atoms with Crippen molar-refractivity contribution in [3.63, 3.8) is 0 Å². The van der Waals surface area contributed by atoms with Crippen molar-refractivity contribution in [3.8, 4) is 0 Å². The van der Waals surface area contributed by atoms with Crippen molar-refractivity contribution < 1.29 is 0 Å². The topological polar surface area (TPSA) is 0 Å². The first kappa shape index (κ1) is 22.1. The van der Waals surface area contributed by atoms with Gasteiger partial charge in [0.1, 0.15) is 0 Å². The number of hydrogen-bond donors (Lipinski definition) is 0. The van der Waals surface area contributed by atoms with Crippen LogP contribution in [0.1, 0.15) is 33.4 Å². The maximum Gasteiger partial charge on any atom is 0.0647 e. The highest BCUT2D eigenvalue weighted by Gasteiger charge is 2.47. The highest BCUT2D eigenvalue weighted by molar-refractivity contribution is 6.06. The Labute approximate surface area is 229 Å². The van der Waals surface area contributed by atoms with E-state index in [1.165, 1.54) is 66.8 Å². The number of rotatable bonds is 3. The van der Waals surface area contributed by atoms with Crippen LogP contribution in [-0.4, -0.2) is 0 Å². The molecule has 0 radical (unpaired) electrons. The Kier molecular flexibility index (Phi) is 4.84. The number of benzene rings is 4. The van der Waals surface area contributed by atoms with E-state index in [4.69, 9.17) is 0 Å². The van der Waals surface area contributed by atoms with Crippen molar-refractivity contribution in [2.24, 2.45) is 5.41 Å². The zero-order valence-corrected chi connectivity index (χ0v) is 21.5. The standard InChI is InChI=1S/C39H26/c1-3-12-27(13-4-1)36(28-14-5-2-6-15-28)26-31-21-22-35-33-19-10-8-17-30(33)25-38(35)39(31)23-11-20-34-32-18-9-7-16-29(32)24-37(34)39/h1-26H. The van der Waals surface area contributed by atoms with Crippen molar-refractivity contribution in [2.45, 2.75) is 0 Å². The zero-order valence-electron chi connectivity index (χ0n) is 21.5. The molecule has 182 valence electrons. The summed E-state index contributed by atoms with van der Waals surface area (Å²) < 4.78 is 0. The summed E-state index contributed by atoms with van der Waals surface area (Å²) in [6.07, 6.45) is 18.9. The van der Waals surface area contributed by atoms with Crippen LogP contribution in [0.25, 0.3) is 28.9 Å². The average molecular weight is 495 g/mol. The third-order valence-electron chi connectivity index (χ3n) is 8.50. The van der Waals surface area contributed by atoms with E-state index in [2.05, 4.69) is 158 Å². The summed E-state index contributed by atoms with van der Waals surface area (Å²) in [4.78, 5) is 0. The first-order chi connectivity index (χ1) is 19.3. The SMILES string of the molecule is C1=CC2(C(C=C(c3ccccc3)c3ccccc3)=CC=C3C2=Cc2ccccc23)C2=Cc3ccccc3C2=C1. The van der Waals surface area contributed by atoms with Crippen LogP contribution < -0.4 is 0 Å². The highest BCUT2D eigenvalue weighted by atomic mass is 14.5. The summed E-state index contributed by atoms with van der Waals surface area (Å²) in [6.45, 7) is 0. The lowest BCUT2D eigenvalue weighted by Crippen LogP contribution is -2.29. The minimum atomic E-state index is -0.388. The molecule has 4 aliphatic carbocycles. The van der Waals surface area contributed by atoms with Gasteiger partial charge in [-0.25, -0.2) is 0 Å². The third kappa shape index (κ3) is 3.25. The number of allylic oxidation sites excluding steroid dienone is 11. The Morgan fingerprint density at radius 2 is 1.03 bits per heavy atom. The molecule has 1 atom stereocenters. The molecule has 0 nitrogen and oxygen atoms in total. The second-order valence-corrected chi connectivity index (χ2v) is 10.5. The summed E-state index contributed by atoms with van der Waals surface area (Å²) in [5, 5.41) is 0. The quantitative estimate of drug-likeness (QED) is 0.266. The average Bonchev–Trinajstić information content (AvgIpc) is 3.58. The van der Waals surface area contributed by atoms with E-state index in [0.717, 1.165) is 0 Å². The van der Waals surface area contributed by atoms with Gasteiger partial charge in [0.2, 0.25) is 0 Å². The molecule has 1 spiro atoms. The third-order valence-corrected chi connectivity index (χ3v) is 8.50. The number of fused-ring (bicyclic) bond motifs is 8. The van der Waals surface area contributed by atoms with Crippen molar-refractivity contribution in [3.05, 3.63) is 196 Å². The van der Waals surface area contributed by atoms with Gasteiger partial charge in [0, 0.05) is 0 Å². The highest BCUT2D eigenvalue weighted by Crippen LogP contribution is 2.62. The van der Waals surface area contributed by atoms with Crippen molar-refractivity contribution >= 4 is 28.9 Å². The van der Waals surface area contributed by atoms with Gasteiger partial charge in [-0.2, -0.15) is 0 Å². The van der Waals surface area contributed by atoms with Crippen LogP contribution in [-0.2, 0) is 0 Å². The molecule has 0 heterocycles. The van der Waals surface area contributed by atoms with Gasteiger partial charge in [-0.05, 0) is 85.0 Å². The molecule has 1 unspecified atom stereocenters. The van der Waals surface area contributed by atoms with Gasteiger partial charge in [-0.15, -0.1) is 0 Å². The summed E-state index contributed by atoms with van der Waals surface area (Å²) >= 11 is 0. The maximum absolute atomic E-state index is 2.43. The van der Waals surface area contributed by atoms with Crippen LogP contribution in [0.5, 0.6) is 0 Å². The molecule has 0 fully saturated rings. The van der Waals surface area contributed by atoms with Gasteiger partial charge < -0.3 is 0 Å². The van der Waals surface area contributed by atoms with Gasteiger partial charge in [0.25, 0.3) is 0 Å². The fourth-order valence-electron chi connectivity index (χ4n) is 6.72. The molecule has 0 saturated carbocycles. The summed E-state index contributed by atoms with van der Waals surface area (Å²) in [7, 11) is 0. The summed E-state index contributed by atoms with van der Waals surface area (Å²) in [5.74, 6) is 0. The van der Waals surface area contributed by atoms with Gasteiger partial charge in [0.15, 0.2) is 0 Å². The van der Waals surface area contributed by atoms with E-state index in [1.807, 2.05) is 0 Å². The molecule has 4 aromatic carbocycles. The molecule has 39 heavy (non-hydrogen) atoms. The fraction of sp³-hybridized carbons (Fsp3) is 0.0256. The van der Waals surface area contributed by atoms with Crippen LogP contribution in [0.3, 0.4) is 0 Å². The Morgan fingerprint density at radius 3 is 1.62 bits per heavy atom. The molecule has 0 N–H and O–H groups in total. The fourth-order valence-corrected chi connectivity index (χ4v) is 6.72. The van der Waals surface area contributed by atoms with E-state index in [9.17, 15) is 0 Å². The van der Waals surface area contributed by atoms with Crippen LogP contribution in [0.4, 0.5) is 0 Å². The van der Waals surface area contributed by atoms with Crippen molar-refractivity contribution in [1.82, 2.24) is 0 Å². The maximum atomic E-state index is 2.43. The van der Waals surface area contributed by atoms with E-state index in [-0.39, 0.29) is 5.41 Å². The molecule has 0 heteroatoms. The minimum absolute atomic E-state index is 0.388. The smallest absolute Gasteiger partial charge is 0.0647 e. The van der Waals surface area contributed by atoms with Crippen molar-refractivity contribution in [2.75, 3.05) is 0 Å². The molecule has 8 rings (SSSR count). The molecular formula is C39H26. The molecule has 0 saturated heterocycles. The van der Waals surface area contributed by atoms with E-state index in [0.29, 0.717) is 0 Å². The molecule has 4 aromatic rings. The molecular weight excluding hydrogens is 468 g/mol. The largest absolute Gasteiger partial charge is 0.0652 e. The van der Waals surface area contributed by atoms with Gasteiger partial charge in [-0.1, -0.05) is 140 Å². The molecule has 0 amide bonds. The van der Waals surface area contributed by atoms with Gasteiger partial charge >= 0.3 is 0 Å². The van der Waals surface area contributed by atoms with E-state index in [1.54, 1.807) is 0 Å². The summed E-state index contributed by atoms with van der Waals surface area (Å²) in [6, 6.07) is 39.1. The predicted molar refractivity (Wildman–Crippen MR) is 164 cm³/mol. The monoisotopic (exact) mass is 494 g/mol. The first-order valence-electron chi connectivity index (χ1n) is 13.6. The first-order valence-corrected chi connectivity index (χ1v) is 13.6. The predicted octanol–water partition coefficient (Wildman–Crippen LogP) is 9.58. The molecule has 0 bridgehead atoms. The minimum Gasteiger partial charge on any atom is -0.0652 e. The second-order valence-electron chi connectivity index (χ2n) is 10.5. The lowest BCUT2D eigenvalue weighted by atomic mass is 9.61. The number of hydrogen-bond acceptors (Lipinski definition) is 0. The van der Waals surface area contributed by atoms with Gasteiger partial charge in [-0.3, -0.25) is 0 Å². The van der Waals surface area contributed by atoms with E-state index < -0.39 is 0 Å². The molecule has 4 aliphatic rings. The van der Waals surface area contributed by atoms with Crippen LogP contribution in [0, 0.1) is 5.41 Å². The van der Waals surface area contributed by atoms with Crippen LogP contribution in [0.15, 0.2) is 162 Å². The lowest BCUT2D eigenvalue weighted by molar-refractivity contribution is 0.716. The Morgan fingerprint density at radius 1 is 0.513 bits per heavy atom. The Hall–Kier alpha value is -4.94. The summed E-state index contributed by atoms with van der Waals surface area (Å²) in [5.41, 5.74) is 15.2. The van der Waals surface area contributed by atoms with E-state index >= 15 is 0 Å². The van der Waals surface area contributed by atoms with Crippen LogP contribution in [0.2, 0.25) is 0 Å². The lowest BCUT2D eigenvalue weighted by Gasteiger charge is -2.41.